The van der Waals surface area contributed by atoms with Crippen LogP contribution < -0.4 is 10.1 Å². The highest BCUT2D eigenvalue weighted by Gasteiger charge is 2.03. The normalized spacial score (nSPS) is 10.0. The summed E-state index contributed by atoms with van der Waals surface area (Å²) in [5, 5.41) is 3.91. The molecule has 2 rings (SSSR count). The smallest absolute Gasteiger partial charge is 0.126 e. The van der Waals surface area contributed by atoms with Gasteiger partial charge < -0.3 is 10.1 Å². The molecular weight excluding hydrogens is 236 g/mol. The number of aromatic nitrogens is 1. The summed E-state index contributed by atoms with van der Waals surface area (Å²) < 4.78 is 5.27. The van der Waals surface area contributed by atoms with Crippen molar-refractivity contribution in [3.05, 3.63) is 53.2 Å². The van der Waals surface area contributed by atoms with Gasteiger partial charge in [0.05, 0.1) is 7.11 Å². The zero-order valence-corrected chi connectivity index (χ0v) is 10.2. The van der Waals surface area contributed by atoms with Crippen LogP contribution in [0.4, 0.5) is 5.82 Å². The Hall–Kier alpha value is -1.74. The number of nitrogens with zero attached hydrogens (tertiary/aromatic N) is 1. The number of nitrogens with one attached hydrogen (secondary N) is 1. The van der Waals surface area contributed by atoms with Crippen LogP contribution in [0.3, 0.4) is 0 Å². The first kappa shape index (κ1) is 11.7. The molecule has 0 saturated carbocycles. The summed E-state index contributed by atoms with van der Waals surface area (Å²) in [6, 6.07) is 11.3. The van der Waals surface area contributed by atoms with Crippen LogP contribution in [0.15, 0.2) is 42.6 Å². The molecule has 0 aliphatic rings. The van der Waals surface area contributed by atoms with Crippen molar-refractivity contribution >= 4 is 17.4 Å². The summed E-state index contributed by atoms with van der Waals surface area (Å²) in [5.41, 5.74) is 1.01. The SMILES string of the molecule is COc1ccc(Cl)cc1CNc1ccccn1. The second-order valence-electron chi connectivity index (χ2n) is 3.52. The van der Waals surface area contributed by atoms with E-state index in [4.69, 9.17) is 16.3 Å². The molecule has 0 radical (unpaired) electrons. The maximum absolute atomic E-state index is 5.96. The van der Waals surface area contributed by atoms with Crippen LogP contribution in [0.25, 0.3) is 0 Å². The Morgan fingerprint density at radius 1 is 1.29 bits per heavy atom. The number of halogens is 1. The second-order valence-corrected chi connectivity index (χ2v) is 3.96. The fraction of sp³-hybridized carbons (Fsp3) is 0.154. The lowest BCUT2D eigenvalue weighted by Crippen LogP contribution is -2.02. The first-order valence-corrected chi connectivity index (χ1v) is 5.64. The summed E-state index contributed by atoms with van der Waals surface area (Å²) in [7, 11) is 1.65. The molecule has 3 nitrogen and oxygen atoms in total. The van der Waals surface area contributed by atoms with E-state index in [0.717, 1.165) is 17.1 Å². The van der Waals surface area contributed by atoms with E-state index in [-0.39, 0.29) is 0 Å². The number of hydrogen-bond acceptors (Lipinski definition) is 3. The minimum atomic E-state index is 0.626. The molecule has 0 unspecified atom stereocenters. The Labute approximate surface area is 105 Å². The van der Waals surface area contributed by atoms with Crippen LogP contribution >= 0.6 is 11.6 Å². The molecule has 17 heavy (non-hydrogen) atoms. The number of anilines is 1. The largest absolute Gasteiger partial charge is 0.496 e. The van der Waals surface area contributed by atoms with E-state index >= 15 is 0 Å². The Balaban J connectivity index is 2.11. The first-order chi connectivity index (χ1) is 8.29. The summed E-state index contributed by atoms with van der Waals surface area (Å²) in [6.45, 7) is 0.626. The van der Waals surface area contributed by atoms with Gasteiger partial charge in [-0.15, -0.1) is 0 Å². The maximum Gasteiger partial charge on any atom is 0.126 e. The minimum Gasteiger partial charge on any atom is -0.496 e. The van der Waals surface area contributed by atoms with E-state index in [1.807, 2.05) is 36.4 Å². The molecule has 4 heteroatoms. The van der Waals surface area contributed by atoms with Crippen molar-refractivity contribution in [3.63, 3.8) is 0 Å². The number of rotatable bonds is 4. The monoisotopic (exact) mass is 248 g/mol. The standard InChI is InChI=1S/C13H13ClN2O/c1-17-12-6-5-11(14)8-10(12)9-16-13-4-2-3-7-15-13/h2-8H,9H2,1H3,(H,15,16). The first-order valence-electron chi connectivity index (χ1n) is 5.27. The molecule has 0 saturated heterocycles. The van der Waals surface area contributed by atoms with Gasteiger partial charge in [0.15, 0.2) is 0 Å². The molecule has 0 spiro atoms. The van der Waals surface area contributed by atoms with Gasteiger partial charge in [-0.1, -0.05) is 17.7 Å². The van der Waals surface area contributed by atoms with Crippen molar-refractivity contribution < 1.29 is 4.74 Å². The van der Waals surface area contributed by atoms with Gasteiger partial charge >= 0.3 is 0 Å². The van der Waals surface area contributed by atoms with Gasteiger partial charge in [-0.2, -0.15) is 0 Å². The number of ether oxygens (including phenoxy) is 1. The lowest BCUT2D eigenvalue weighted by atomic mass is 10.2. The molecule has 1 aromatic heterocycles. The zero-order valence-electron chi connectivity index (χ0n) is 9.48. The summed E-state index contributed by atoms with van der Waals surface area (Å²) in [4.78, 5) is 4.19. The van der Waals surface area contributed by atoms with Gasteiger partial charge in [0, 0.05) is 23.3 Å². The quantitative estimate of drug-likeness (QED) is 0.901. The fourth-order valence-electron chi connectivity index (χ4n) is 1.54. The van der Waals surface area contributed by atoms with Crippen molar-refractivity contribution in [1.82, 2.24) is 4.98 Å². The number of hydrogen-bond donors (Lipinski definition) is 1. The third-order valence-corrected chi connectivity index (χ3v) is 2.60. The molecule has 0 aliphatic carbocycles. The predicted molar refractivity (Wildman–Crippen MR) is 69.6 cm³/mol. The molecule has 88 valence electrons. The van der Waals surface area contributed by atoms with Gasteiger partial charge in [-0.05, 0) is 30.3 Å². The van der Waals surface area contributed by atoms with E-state index in [9.17, 15) is 0 Å². The predicted octanol–water partition coefficient (Wildman–Crippen LogP) is 3.36. The third-order valence-electron chi connectivity index (χ3n) is 2.37. The molecule has 0 aliphatic heterocycles. The highest BCUT2D eigenvalue weighted by Crippen LogP contribution is 2.23. The Bertz CT molecular complexity index is 488. The summed E-state index contributed by atoms with van der Waals surface area (Å²) in [5.74, 6) is 1.65. The third kappa shape index (κ3) is 3.11. The van der Waals surface area contributed by atoms with Crippen LogP contribution in [-0.2, 0) is 6.54 Å². The zero-order chi connectivity index (χ0) is 12.1. The van der Waals surface area contributed by atoms with Crippen LogP contribution in [0, 0.1) is 0 Å². The van der Waals surface area contributed by atoms with E-state index in [1.54, 1.807) is 13.3 Å². The van der Waals surface area contributed by atoms with Gasteiger partial charge in [0.1, 0.15) is 11.6 Å². The van der Waals surface area contributed by atoms with Crippen molar-refractivity contribution in [1.29, 1.82) is 0 Å². The van der Waals surface area contributed by atoms with Crippen LogP contribution in [-0.4, -0.2) is 12.1 Å². The Morgan fingerprint density at radius 3 is 2.88 bits per heavy atom. The lowest BCUT2D eigenvalue weighted by Gasteiger charge is -2.10. The van der Waals surface area contributed by atoms with E-state index in [2.05, 4.69) is 10.3 Å². The van der Waals surface area contributed by atoms with E-state index in [0.29, 0.717) is 11.6 Å². The Morgan fingerprint density at radius 2 is 2.18 bits per heavy atom. The average molecular weight is 249 g/mol. The van der Waals surface area contributed by atoms with Crippen LogP contribution in [0.5, 0.6) is 5.75 Å². The number of pyridine rings is 1. The summed E-state index contributed by atoms with van der Waals surface area (Å²) >= 11 is 5.96. The fourth-order valence-corrected chi connectivity index (χ4v) is 1.73. The number of benzene rings is 1. The molecule has 1 heterocycles. The van der Waals surface area contributed by atoms with Gasteiger partial charge in [0.2, 0.25) is 0 Å². The maximum atomic E-state index is 5.96. The van der Waals surface area contributed by atoms with Crippen LogP contribution in [0.1, 0.15) is 5.56 Å². The summed E-state index contributed by atoms with van der Waals surface area (Å²) in [6.07, 6.45) is 1.75. The molecule has 1 aromatic carbocycles. The average Bonchev–Trinajstić information content (AvgIpc) is 2.38. The van der Waals surface area contributed by atoms with E-state index in [1.165, 1.54) is 0 Å². The molecule has 0 fully saturated rings. The second kappa shape index (κ2) is 5.55. The number of methoxy groups -OCH3 is 1. The van der Waals surface area contributed by atoms with Gasteiger partial charge in [0.25, 0.3) is 0 Å². The molecule has 0 atom stereocenters. The highest BCUT2D eigenvalue weighted by atomic mass is 35.5. The minimum absolute atomic E-state index is 0.626. The van der Waals surface area contributed by atoms with Gasteiger partial charge in [-0.3, -0.25) is 0 Å². The topological polar surface area (TPSA) is 34.1 Å². The van der Waals surface area contributed by atoms with Crippen molar-refractivity contribution in [2.24, 2.45) is 0 Å². The van der Waals surface area contributed by atoms with E-state index < -0.39 is 0 Å². The lowest BCUT2D eigenvalue weighted by molar-refractivity contribution is 0.410. The van der Waals surface area contributed by atoms with Crippen LogP contribution in [0.2, 0.25) is 5.02 Å². The Kier molecular flexibility index (Phi) is 3.83. The van der Waals surface area contributed by atoms with Crippen molar-refractivity contribution in [3.8, 4) is 5.75 Å². The molecular formula is C13H13ClN2O. The molecule has 1 N–H and O–H groups in total. The van der Waals surface area contributed by atoms with Crippen molar-refractivity contribution in [2.75, 3.05) is 12.4 Å². The van der Waals surface area contributed by atoms with Crippen molar-refractivity contribution in [2.45, 2.75) is 6.54 Å². The molecule has 0 amide bonds. The molecule has 0 bridgehead atoms. The molecule has 2 aromatic rings. The van der Waals surface area contributed by atoms with Gasteiger partial charge in [-0.25, -0.2) is 4.98 Å². The highest BCUT2D eigenvalue weighted by molar-refractivity contribution is 6.30.